The van der Waals surface area contributed by atoms with Crippen LogP contribution in [0.2, 0.25) is 0 Å². The monoisotopic (exact) mass is 406 g/mol. The molecule has 0 aromatic heterocycles. The summed E-state index contributed by atoms with van der Waals surface area (Å²) >= 11 is 0. The second-order valence-corrected chi connectivity index (χ2v) is 8.87. The number of sulfonamides is 1. The van der Waals surface area contributed by atoms with Gasteiger partial charge in [-0.3, -0.25) is 0 Å². The summed E-state index contributed by atoms with van der Waals surface area (Å²) in [6.45, 7) is 0. The van der Waals surface area contributed by atoms with Crippen LogP contribution in [-0.2, 0) is 19.6 Å². The smallest absolute Gasteiger partial charge is 0.363 e. The van der Waals surface area contributed by atoms with Crippen molar-refractivity contribution in [2.24, 2.45) is 4.99 Å². The number of aliphatic imine (C=N–C) groups is 1. The highest BCUT2D eigenvalue weighted by Gasteiger charge is 2.26. The standard InChI is InChI=1S/C22H18N2O4S/c1-24(2)29(26,27)18-11-6-10-17(13-18)21-23-20(22(25)28-21)14-16-9-5-8-15-7-3-4-12-19(15)16/h3-14H,1-2H3/b20-14-. The minimum atomic E-state index is -3.61. The second kappa shape index (κ2) is 7.27. The lowest BCUT2D eigenvalue weighted by molar-refractivity contribution is -0.129. The molecule has 0 radical (unpaired) electrons. The van der Waals surface area contributed by atoms with Crippen LogP contribution in [-0.4, -0.2) is 38.7 Å². The molecular formula is C22H18N2O4S. The highest BCUT2D eigenvalue weighted by Crippen LogP contribution is 2.25. The average molecular weight is 406 g/mol. The van der Waals surface area contributed by atoms with E-state index in [1.165, 1.54) is 26.2 Å². The lowest BCUT2D eigenvalue weighted by Crippen LogP contribution is -2.22. The Balaban J connectivity index is 1.74. The first kappa shape index (κ1) is 19.0. The first-order chi connectivity index (χ1) is 13.9. The fraction of sp³-hybridized carbons (Fsp3) is 0.0909. The summed E-state index contributed by atoms with van der Waals surface area (Å²) in [7, 11) is -0.689. The number of benzene rings is 3. The molecule has 7 heteroatoms. The van der Waals surface area contributed by atoms with E-state index in [4.69, 9.17) is 4.74 Å². The third kappa shape index (κ3) is 3.57. The SMILES string of the molecule is CN(C)S(=O)(=O)c1cccc(C2=N/C(=C\c3cccc4ccccc34)C(=O)O2)c1. The van der Waals surface area contributed by atoms with E-state index in [0.29, 0.717) is 5.56 Å². The number of carbonyl (C=O) groups excluding carboxylic acids is 1. The number of hydrogen-bond donors (Lipinski definition) is 0. The van der Waals surface area contributed by atoms with Gasteiger partial charge >= 0.3 is 5.97 Å². The molecule has 0 aliphatic carbocycles. The third-order valence-corrected chi connectivity index (χ3v) is 6.41. The van der Waals surface area contributed by atoms with Gasteiger partial charge in [0.1, 0.15) is 0 Å². The maximum absolute atomic E-state index is 12.4. The quantitative estimate of drug-likeness (QED) is 0.491. The minimum absolute atomic E-state index is 0.0808. The summed E-state index contributed by atoms with van der Waals surface area (Å²) < 4.78 is 31.2. The van der Waals surface area contributed by atoms with Crippen LogP contribution in [0.1, 0.15) is 11.1 Å². The Kier molecular flexibility index (Phi) is 4.77. The lowest BCUT2D eigenvalue weighted by Gasteiger charge is -2.11. The van der Waals surface area contributed by atoms with Crippen molar-refractivity contribution in [3.05, 3.63) is 83.6 Å². The first-order valence-electron chi connectivity index (χ1n) is 8.89. The highest BCUT2D eigenvalue weighted by atomic mass is 32.2. The normalized spacial score (nSPS) is 15.8. The van der Waals surface area contributed by atoms with Gasteiger partial charge in [-0.05, 0) is 40.6 Å². The third-order valence-electron chi connectivity index (χ3n) is 4.60. The number of carbonyl (C=O) groups is 1. The molecule has 29 heavy (non-hydrogen) atoms. The molecule has 0 atom stereocenters. The van der Waals surface area contributed by atoms with Crippen LogP contribution in [0.5, 0.6) is 0 Å². The molecule has 0 amide bonds. The summed E-state index contributed by atoms with van der Waals surface area (Å²) in [4.78, 5) is 16.8. The zero-order valence-electron chi connectivity index (χ0n) is 15.9. The zero-order chi connectivity index (χ0) is 20.6. The molecule has 6 nitrogen and oxygen atoms in total. The number of hydrogen-bond acceptors (Lipinski definition) is 5. The van der Waals surface area contributed by atoms with Gasteiger partial charge in [-0.2, -0.15) is 0 Å². The van der Waals surface area contributed by atoms with Gasteiger partial charge in [0, 0.05) is 19.7 Å². The topological polar surface area (TPSA) is 76.0 Å². The summed E-state index contributed by atoms with van der Waals surface area (Å²) in [5, 5.41) is 2.05. The molecule has 0 bridgehead atoms. The van der Waals surface area contributed by atoms with Crippen molar-refractivity contribution in [1.29, 1.82) is 0 Å². The molecule has 4 rings (SSSR count). The molecule has 0 fully saturated rings. The highest BCUT2D eigenvalue weighted by molar-refractivity contribution is 7.89. The maximum Gasteiger partial charge on any atom is 0.363 e. The summed E-state index contributed by atoms with van der Waals surface area (Å²) in [6.07, 6.45) is 1.68. The molecule has 146 valence electrons. The number of ether oxygens (including phenoxy) is 1. The van der Waals surface area contributed by atoms with Gasteiger partial charge in [0.05, 0.1) is 4.90 Å². The van der Waals surface area contributed by atoms with E-state index in [0.717, 1.165) is 20.6 Å². The molecule has 3 aromatic rings. The predicted octanol–water partition coefficient (Wildman–Crippen LogP) is 3.43. The molecule has 1 aliphatic rings. The fourth-order valence-corrected chi connectivity index (χ4v) is 4.00. The minimum Gasteiger partial charge on any atom is -0.402 e. The number of nitrogens with zero attached hydrogens (tertiary/aromatic N) is 2. The van der Waals surface area contributed by atoms with E-state index in [9.17, 15) is 13.2 Å². The van der Waals surface area contributed by atoms with Gasteiger partial charge in [0.15, 0.2) is 5.70 Å². The molecule has 0 N–H and O–H groups in total. The Morgan fingerprint density at radius 3 is 2.48 bits per heavy atom. The van der Waals surface area contributed by atoms with E-state index in [-0.39, 0.29) is 16.5 Å². The molecule has 0 saturated heterocycles. The van der Waals surface area contributed by atoms with E-state index in [2.05, 4.69) is 4.99 Å². The van der Waals surface area contributed by atoms with Crippen molar-refractivity contribution < 1.29 is 17.9 Å². The van der Waals surface area contributed by atoms with Gasteiger partial charge in [-0.25, -0.2) is 22.5 Å². The predicted molar refractivity (Wildman–Crippen MR) is 112 cm³/mol. The van der Waals surface area contributed by atoms with Crippen LogP contribution < -0.4 is 0 Å². The molecule has 0 spiro atoms. The first-order valence-corrected chi connectivity index (χ1v) is 10.3. The Morgan fingerprint density at radius 2 is 1.69 bits per heavy atom. The van der Waals surface area contributed by atoms with Crippen molar-refractivity contribution >= 4 is 38.7 Å². The molecule has 1 aliphatic heterocycles. The van der Waals surface area contributed by atoms with Gasteiger partial charge in [0.2, 0.25) is 15.9 Å². The summed E-state index contributed by atoms with van der Waals surface area (Å²) in [5.41, 5.74) is 1.43. The molecular weight excluding hydrogens is 388 g/mol. The fourth-order valence-electron chi connectivity index (χ4n) is 3.06. The van der Waals surface area contributed by atoms with Gasteiger partial charge in [-0.15, -0.1) is 0 Å². The van der Waals surface area contributed by atoms with Crippen molar-refractivity contribution in [1.82, 2.24) is 4.31 Å². The number of cyclic esters (lactones) is 1. The van der Waals surface area contributed by atoms with Crippen LogP contribution in [0.25, 0.3) is 16.8 Å². The van der Waals surface area contributed by atoms with Crippen LogP contribution in [0, 0.1) is 0 Å². The molecule has 1 heterocycles. The van der Waals surface area contributed by atoms with Crippen LogP contribution in [0.3, 0.4) is 0 Å². The van der Waals surface area contributed by atoms with Crippen LogP contribution >= 0.6 is 0 Å². The van der Waals surface area contributed by atoms with Gasteiger partial charge in [-0.1, -0.05) is 48.5 Å². The Labute approximate surface area is 168 Å². The van der Waals surface area contributed by atoms with Crippen LogP contribution in [0.15, 0.2) is 82.3 Å². The number of esters is 1. The van der Waals surface area contributed by atoms with E-state index in [1.54, 1.807) is 18.2 Å². The summed E-state index contributed by atoms with van der Waals surface area (Å²) in [5.74, 6) is -0.494. The second-order valence-electron chi connectivity index (χ2n) is 6.72. The molecule has 3 aromatic carbocycles. The molecule has 0 unspecified atom stereocenters. The Morgan fingerprint density at radius 1 is 0.966 bits per heavy atom. The largest absolute Gasteiger partial charge is 0.402 e. The average Bonchev–Trinajstić information content (AvgIpc) is 3.09. The van der Waals surface area contributed by atoms with Crippen LogP contribution in [0.4, 0.5) is 0 Å². The maximum atomic E-state index is 12.4. The summed E-state index contributed by atoms with van der Waals surface area (Å²) in [6, 6.07) is 19.8. The lowest BCUT2D eigenvalue weighted by atomic mass is 10.0. The van der Waals surface area contributed by atoms with Gasteiger partial charge in [0.25, 0.3) is 0 Å². The molecule has 0 saturated carbocycles. The zero-order valence-corrected chi connectivity index (χ0v) is 16.7. The van der Waals surface area contributed by atoms with E-state index >= 15 is 0 Å². The van der Waals surface area contributed by atoms with Gasteiger partial charge < -0.3 is 4.74 Å². The van der Waals surface area contributed by atoms with E-state index < -0.39 is 16.0 Å². The van der Waals surface area contributed by atoms with Crippen molar-refractivity contribution in [3.8, 4) is 0 Å². The van der Waals surface area contributed by atoms with E-state index in [1.807, 2.05) is 42.5 Å². The number of fused-ring (bicyclic) bond motifs is 1. The number of rotatable bonds is 4. The van der Waals surface area contributed by atoms with Crippen molar-refractivity contribution in [3.63, 3.8) is 0 Å². The van der Waals surface area contributed by atoms with Crippen molar-refractivity contribution in [2.45, 2.75) is 4.90 Å². The van der Waals surface area contributed by atoms with Crippen molar-refractivity contribution in [2.75, 3.05) is 14.1 Å². The Bertz CT molecular complexity index is 1290. The Hall–Kier alpha value is -3.29.